The summed E-state index contributed by atoms with van der Waals surface area (Å²) in [6.45, 7) is 6.17. The molecule has 92 valence electrons. The standard InChI is InChI=1S/C11H21N3O2/c1-7(2)5-9(12)6-10-13-11(14-16-10)8(3)15-4/h7-9H,5-6,12H2,1-4H3. The molecule has 1 heterocycles. The van der Waals surface area contributed by atoms with Gasteiger partial charge in [0.15, 0.2) is 5.82 Å². The van der Waals surface area contributed by atoms with Crippen LogP contribution in [0.5, 0.6) is 0 Å². The molecule has 0 aliphatic carbocycles. The van der Waals surface area contributed by atoms with Crippen LogP contribution in [0.4, 0.5) is 0 Å². The van der Waals surface area contributed by atoms with E-state index in [1.165, 1.54) is 0 Å². The van der Waals surface area contributed by atoms with E-state index in [0.29, 0.717) is 24.1 Å². The number of ether oxygens (including phenoxy) is 1. The Bertz CT molecular complexity index is 312. The van der Waals surface area contributed by atoms with Crippen molar-refractivity contribution in [3.05, 3.63) is 11.7 Å². The van der Waals surface area contributed by atoms with E-state index in [0.717, 1.165) is 6.42 Å². The van der Waals surface area contributed by atoms with Gasteiger partial charge in [0.05, 0.1) is 0 Å². The van der Waals surface area contributed by atoms with Crippen LogP contribution < -0.4 is 5.73 Å². The number of aromatic nitrogens is 2. The zero-order valence-electron chi connectivity index (χ0n) is 10.4. The highest BCUT2D eigenvalue weighted by Gasteiger charge is 2.15. The third kappa shape index (κ3) is 3.90. The van der Waals surface area contributed by atoms with E-state index in [2.05, 4.69) is 24.0 Å². The van der Waals surface area contributed by atoms with Crippen LogP contribution in [0.1, 0.15) is 45.0 Å². The van der Waals surface area contributed by atoms with Gasteiger partial charge in [-0.15, -0.1) is 0 Å². The second-order valence-corrected chi connectivity index (χ2v) is 4.52. The lowest BCUT2D eigenvalue weighted by molar-refractivity contribution is 0.109. The third-order valence-corrected chi connectivity index (χ3v) is 2.41. The number of rotatable bonds is 6. The van der Waals surface area contributed by atoms with Crippen molar-refractivity contribution in [1.29, 1.82) is 0 Å². The predicted molar refractivity (Wildman–Crippen MR) is 60.9 cm³/mol. The summed E-state index contributed by atoms with van der Waals surface area (Å²) in [7, 11) is 1.62. The van der Waals surface area contributed by atoms with Crippen LogP contribution in [0.3, 0.4) is 0 Å². The van der Waals surface area contributed by atoms with Gasteiger partial charge in [-0.1, -0.05) is 19.0 Å². The van der Waals surface area contributed by atoms with E-state index in [4.69, 9.17) is 15.0 Å². The van der Waals surface area contributed by atoms with Crippen LogP contribution in [0.2, 0.25) is 0 Å². The number of nitrogens with two attached hydrogens (primary N) is 1. The highest BCUT2D eigenvalue weighted by Crippen LogP contribution is 2.13. The molecule has 0 spiro atoms. The second kappa shape index (κ2) is 5.96. The number of hydrogen-bond acceptors (Lipinski definition) is 5. The largest absolute Gasteiger partial charge is 0.374 e. The summed E-state index contributed by atoms with van der Waals surface area (Å²) in [5.41, 5.74) is 5.97. The van der Waals surface area contributed by atoms with E-state index in [9.17, 15) is 0 Å². The lowest BCUT2D eigenvalue weighted by Crippen LogP contribution is -2.24. The minimum atomic E-state index is -0.140. The quantitative estimate of drug-likeness (QED) is 0.800. The van der Waals surface area contributed by atoms with Crippen LogP contribution in [0.15, 0.2) is 4.52 Å². The fraction of sp³-hybridized carbons (Fsp3) is 0.818. The molecule has 2 N–H and O–H groups in total. The summed E-state index contributed by atoms with van der Waals surface area (Å²) in [6.07, 6.45) is 1.44. The molecule has 0 aromatic carbocycles. The molecule has 1 aromatic rings. The molecule has 1 rings (SSSR count). The molecule has 0 amide bonds. The van der Waals surface area contributed by atoms with E-state index in [1.54, 1.807) is 7.11 Å². The molecule has 2 atom stereocenters. The zero-order chi connectivity index (χ0) is 12.1. The van der Waals surface area contributed by atoms with Gasteiger partial charge in [0, 0.05) is 19.6 Å². The van der Waals surface area contributed by atoms with Crippen molar-refractivity contribution in [1.82, 2.24) is 10.1 Å². The van der Waals surface area contributed by atoms with Crippen LogP contribution in [0, 0.1) is 5.92 Å². The summed E-state index contributed by atoms with van der Waals surface area (Å²) >= 11 is 0. The Kier molecular flexibility index (Phi) is 4.89. The molecule has 0 fully saturated rings. The van der Waals surface area contributed by atoms with Crippen molar-refractivity contribution >= 4 is 0 Å². The van der Waals surface area contributed by atoms with E-state index >= 15 is 0 Å². The first-order valence-corrected chi connectivity index (χ1v) is 5.63. The van der Waals surface area contributed by atoms with Crippen molar-refractivity contribution in [3.8, 4) is 0 Å². The van der Waals surface area contributed by atoms with Crippen molar-refractivity contribution in [3.63, 3.8) is 0 Å². The number of hydrogen-bond donors (Lipinski definition) is 1. The molecule has 16 heavy (non-hydrogen) atoms. The van der Waals surface area contributed by atoms with E-state index in [1.807, 2.05) is 6.92 Å². The minimum absolute atomic E-state index is 0.0751. The maximum Gasteiger partial charge on any atom is 0.228 e. The minimum Gasteiger partial charge on any atom is -0.374 e. The summed E-state index contributed by atoms with van der Waals surface area (Å²) in [4.78, 5) is 4.25. The maximum atomic E-state index is 5.97. The molecular formula is C11H21N3O2. The normalized spacial score (nSPS) is 15.4. The Balaban J connectivity index is 2.51. The van der Waals surface area contributed by atoms with Gasteiger partial charge >= 0.3 is 0 Å². The van der Waals surface area contributed by atoms with Crippen molar-refractivity contribution < 1.29 is 9.26 Å². The Labute approximate surface area is 96.4 Å². The van der Waals surface area contributed by atoms with Crippen molar-refractivity contribution in [2.75, 3.05) is 7.11 Å². The number of methoxy groups -OCH3 is 1. The molecule has 2 unspecified atom stereocenters. The maximum absolute atomic E-state index is 5.97. The van der Waals surface area contributed by atoms with Gasteiger partial charge in [0.2, 0.25) is 5.89 Å². The molecule has 1 aromatic heterocycles. The Morgan fingerprint density at radius 2 is 2.06 bits per heavy atom. The predicted octanol–water partition coefficient (Wildman–Crippen LogP) is 1.69. The van der Waals surface area contributed by atoms with Crippen LogP contribution >= 0.6 is 0 Å². The average molecular weight is 227 g/mol. The molecule has 5 nitrogen and oxygen atoms in total. The highest BCUT2D eigenvalue weighted by atomic mass is 16.5. The first-order chi connectivity index (χ1) is 7.52. The molecular weight excluding hydrogens is 206 g/mol. The first kappa shape index (κ1) is 13.1. The zero-order valence-corrected chi connectivity index (χ0v) is 10.4. The van der Waals surface area contributed by atoms with Gasteiger partial charge in [-0.05, 0) is 19.3 Å². The van der Waals surface area contributed by atoms with Gasteiger partial charge in [-0.2, -0.15) is 4.98 Å². The molecule has 0 radical (unpaired) electrons. The van der Waals surface area contributed by atoms with Gasteiger partial charge in [-0.25, -0.2) is 0 Å². The summed E-state index contributed by atoms with van der Waals surface area (Å²) in [5, 5.41) is 3.85. The lowest BCUT2D eigenvalue weighted by atomic mass is 10.0. The summed E-state index contributed by atoms with van der Waals surface area (Å²) in [5.74, 6) is 1.75. The fourth-order valence-corrected chi connectivity index (χ4v) is 1.53. The van der Waals surface area contributed by atoms with E-state index in [-0.39, 0.29) is 12.1 Å². The lowest BCUT2D eigenvalue weighted by Gasteiger charge is -2.10. The average Bonchev–Trinajstić information content (AvgIpc) is 2.63. The molecule has 0 saturated heterocycles. The monoisotopic (exact) mass is 227 g/mol. The van der Waals surface area contributed by atoms with E-state index < -0.39 is 0 Å². The first-order valence-electron chi connectivity index (χ1n) is 5.63. The molecule has 0 saturated carbocycles. The van der Waals surface area contributed by atoms with Gasteiger partial charge < -0.3 is 15.0 Å². The SMILES string of the molecule is COC(C)c1noc(CC(N)CC(C)C)n1. The third-order valence-electron chi connectivity index (χ3n) is 2.41. The summed E-state index contributed by atoms with van der Waals surface area (Å²) in [6, 6.07) is 0.0751. The Morgan fingerprint density at radius 1 is 1.38 bits per heavy atom. The van der Waals surface area contributed by atoms with Gasteiger partial charge in [0.1, 0.15) is 6.10 Å². The molecule has 5 heteroatoms. The highest BCUT2D eigenvalue weighted by molar-refractivity contribution is 4.91. The topological polar surface area (TPSA) is 74.2 Å². The van der Waals surface area contributed by atoms with Gasteiger partial charge in [0.25, 0.3) is 0 Å². The fourth-order valence-electron chi connectivity index (χ4n) is 1.53. The number of nitrogens with zero attached hydrogens (tertiary/aromatic N) is 2. The molecule has 0 aliphatic rings. The molecule has 0 bridgehead atoms. The Morgan fingerprint density at radius 3 is 2.62 bits per heavy atom. The van der Waals surface area contributed by atoms with Crippen LogP contribution in [-0.4, -0.2) is 23.3 Å². The van der Waals surface area contributed by atoms with Crippen molar-refractivity contribution in [2.45, 2.75) is 45.8 Å². The van der Waals surface area contributed by atoms with Crippen LogP contribution in [0.25, 0.3) is 0 Å². The second-order valence-electron chi connectivity index (χ2n) is 4.52. The van der Waals surface area contributed by atoms with Crippen LogP contribution in [-0.2, 0) is 11.2 Å². The van der Waals surface area contributed by atoms with Gasteiger partial charge in [-0.3, -0.25) is 0 Å². The Hall–Kier alpha value is -0.940. The molecule has 0 aliphatic heterocycles. The smallest absolute Gasteiger partial charge is 0.228 e. The van der Waals surface area contributed by atoms with Crippen molar-refractivity contribution in [2.24, 2.45) is 11.7 Å². The summed E-state index contributed by atoms with van der Waals surface area (Å²) < 4.78 is 10.2.